The van der Waals surface area contributed by atoms with Gasteiger partial charge in [0.15, 0.2) is 0 Å². The molecule has 1 unspecified atom stereocenters. The molecule has 1 aliphatic rings. The van der Waals surface area contributed by atoms with Crippen molar-refractivity contribution in [2.45, 2.75) is 30.4 Å². The van der Waals surface area contributed by atoms with Gasteiger partial charge in [-0.1, -0.05) is 30.2 Å². The first-order valence-corrected chi connectivity index (χ1v) is 7.43. The van der Waals surface area contributed by atoms with Crippen LogP contribution in [0.4, 0.5) is 0 Å². The van der Waals surface area contributed by atoms with E-state index in [1.807, 2.05) is 24.3 Å². The van der Waals surface area contributed by atoms with Crippen LogP contribution >= 0.6 is 23.4 Å². The van der Waals surface area contributed by atoms with Gasteiger partial charge in [-0.15, -0.1) is 11.8 Å². The van der Waals surface area contributed by atoms with Gasteiger partial charge in [-0.05, 0) is 25.0 Å². The van der Waals surface area contributed by atoms with E-state index in [1.54, 1.807) is 11.8 Å². The SMILES string of the molecule is OC(CSc1ccccc1Cl)N1CCCCC1. The van der Waals surface area contributed by atoms with E-state index in [2.05, 4.69) is 4.90 Å². The number of aliphatic hydroxyl groups is 1. The molecule has 1 N–H and O–H groups in total. The van der Waals surface area contributed by atoms with Gasteiger partial charge in [0.1, 0.15) is 6.23 Å². The maximum absolute atomic E-state index is 10.1. The Kier molecular flexibility index (Phi) is 5.16. The van der Waals surface area contributed by atoms with E-state index in [-0.39, 0.29) is 6.23 Å². The predicted octanol–water partition coefficient (Wildman–Crippen LogP) is 3.24. The maximum atomic E-state index is 10.1. The first kappa shape index (κ1) is 13.2. The average Bonchev–Trinajstić information content (AvgIpc) is 2.38. The molecule has 0 spiro atoms. The number of nitrogens with zero attached hydrogens (tertiary/aromatic N) is 1. The molecule has 0 amide bonds. The summed E-state index contributed by atoms with van der Waals surface area (Å²) in [6, 6.07) is 7.78. The molecule has 0 bridgehead atoms. The summed E-state index contributed by atoms with van der Waals surface area (Å²) in [6.07, 6.45) is 3.35. The average molecular weight is 272 g/mol. The van der Waals surface area contributed by atoms with Gasteiger partial charge in [0.25, 0.3) is 0 Å². The number of hydrogen-bond donors (Lipinski definition) is 1. The zero-order valence-corrected chi connectivity index (χ0v) is 11.4. The number of rotatable bonds is 4. The number of aliphatic hydroxyl groups excluding tert-OH is 1. The lowest BCUT2D eigenvalue weighted by atomic mass is 10.1. The van der Waals surface area contributed by atoms with Crippen LogP contribution in [0.15, 0.2) is 29.2 Å². The minimum atomic E-state index is -0.350. The Morgan fingerprint density at radius 2 is 1.94 bits per heavy atom. The lowest BCUT2D eigenvalue weighted by Crippen LogP contribution is -2.40. The van der Waals surface area contributed by atoms with Gasteiger partial charge in [-0.25, -0.2) is 0 Å². The van der Waals surface area contributed by atoms with Crippen LogP contribution in [0, 0.1) is 0 Å². The van der Waals surface area contributed by atoms with E-state index >= 15 is 0 Å². The number of thioether (sulfide) groups is 1. The smallest absolute Gasteiger partial charge is 0.116 e. The summed E-state index contributed by atoms with van der Waals surface area (Å²) in [4.78, 5) is 3.21. The molecule has 0 aromatic heterocycles. The van der Waals surface area contributed by atoms with E-state index in [0.29, 0.717) is 5.75 Å². The molecular formula is C13H18ClNOS. The highest BCUT2D eigenvalue weighted by Gasteiger charge is 2.18. The molecule has 0 aliphatic carbocycles. The van der Waals surface area contributed by atoms with Gasteiger partial charge < -0.3 is 5.11 Å². The molecule has 1 saturated heterocycles. The third kappa shape index (κ3) is 3.88. The molecule has 2 nitrogen and oxygen atoms in total. The maximum Gasteiger partial charge on any atom is 0.116 e. The summed E-state index contributed by atoms with van der Waals surface area (Å²) >= 11 is 7.70. The first-order chi connectivity index (χ1) is 8.27. The minimum Gasteiger partial charge on any atom is -0.377 e. The van der Waals surface area contributed by atoms with E-state index in [9.17, 15) is 5.11 Å². The second-order valence-electron chi connectivity index (χ2n) is 4.32. The second kappa shape index (κ2) is 6.64. The zero-order valence-electron chi connectivity index (χ0n) is 9.81. The Morgan fingerprint density at radius 1 is 1.24 bits per heavy atom. The summed E-state index contributed by atoms with van der Waals surface area (Å²) in [5.41, 5.74) is 0. The quantitative estimate of drug-likeness (QED) is 0.851. The minimum absolute atomic E-state index is 0.350. The van der Waals surface area contributed by atoms with Crippen molar-refractivity contribution in [1.82, 2.24) is 4.90 Å². The number of halogens is 1. The normalized spacial score (nSPS) is 19.2. The molecular weight excluding hydrogens is 254 g/mol. The summed E-state index contributed by atoms with van der Waals surface area (Å²) in [6.45, 7) is 2.04. The van der Waals surface area contributed by atoms with Crippen molar-refractivity contribution < 1.29 is 5.11 Å². The van der Waals surface area contributed by atoms with Crippen molar-refractivity contribution in [3.63, 3.8) is 0 Å². The van der Waals surface area contributed by atoms with Crippen molar-refractivity contribution in [3.05, 3.63) is 29.3 Å². The number of benzene rings is 1. The molecule has 0 radical (unpaired) electrons. The molecule has 4 heteroatoms. The predicted molar refractivity (Wildman–Crippen MR) is 73.6 cm³/mol. The Labute approximate surface area is 112 Å². The summed E-state index contributed by atoms with van der Waals surface area (Å²) in [5, 5.41) is 10.9. The molecule has 1 aromatic carbocycles. The van der Waals surface area contributed by atoms with Crippen LogP contribution in [0.5, 0.6) is 0 Å². The van der Waals surface area contributed by atoms with Crippen molar-refractivity contribution >= 4 is 23.4 Å². The van der Waals surface area contributed by atoms with Crippen LogP contribution in [-0.2, 0) is 0 Å². The zero-order chi connectivity index (χ0) is 12.1. The van der Waals surface area contributed by atoms with Crippen LogP contribution in [-0.4, -0.2) is 35.1 Å². The largest absolute Gasteiger partial charge is 0.377 e. The Morgan fingerprint density at radius 3 is 2.65 bits per heavy atom. The number of likely N-dealkylation sites (tertiary alicyclic amines) is 1. The molecule has 0 saturated carbocycles. The molecule has 2 rings (SSSR count). The van der Waals surface area contributed by atoms with Crippen LogP contribution in [0.3, 0.4) is 0 Å². The fraction of sp³-hybridized carbons (Fsp3) is 0.538. The Bertz CT molecular complexity index is 355. The van der Waals surface area contributed by atoms with Gasteiger partial charge in [-0.2, -0.15) is 0 Å². The molecule has 94 valence electrons. The highest BCUT2D eigenvalue weighted by Crippen LogP contribution is 2.27. The fourth-order valence-electron chi connectivity index (χ4n) is 2.05. The van der Waals surface area contributed by atoms with E-state index < -0.39 is 0 Å². The van der Waals surface area contributed by atoms with Gasteiger partial charge in [0.2, 0.25) is 0 Å². The highest BCUT2D eigenvalue weighted by atomic mass is 35.5. The van der Waals surface area contributed by atoms with E-state index in [4.69, 9.17) is 11.6 Å². The van der Waals surface area contributed by atoms with Gasteiger partial charge in [-0.3, -0.25) is 4.90 Å². The highest BCUT2D eigenvalue weighted by molar-refractivity contribution is 7.99. The standard InChI is InChI=1S/C13H18ClNOS/c14-11-6-2-3-7-12(11)17-10-13(16)15-8-4-1-5-9-15/h2-3,6-7,13,16H,1,4-5,8-10H2. The monoisotopic (exact) mass is 271 g/mol. The molecule has 1 fully saturated rings. The fourth-order valence-corrected chi connectivity index (χ4v) is 3.27. The Hall–Kier alpha value is -0.220. The lowest BCUT2D eigenvalue weighted by Gasteiger charge is -2.30. The van der Waals surface area contributed by atoms with Crippen LogP contribution in [0.1, 0.15) is 19.3 Å². The molecule has 1 heterocycles. The summed E-state index contributed by atoms with van der Waals surface area (Å²) < 4.78 is 0. The van der Waals surface area contributed by atoms with Crippen molar-refractivity contribution in [3.8, 4) is 0 Å². The van der Waals surface area contributed by atoms with Crippen LogP contribution < -0.4 is 0 Å². The van der Waals surface area contributed by atoms with Crippen LogP contribution in [0.2, 0.25) is 5.02 Å². The second-order valence-corrected chi connectivity index (χ2v) is 5.79. The molecule has 17 heavy (non-hydrogen) atoms. The topological polar surface area (TPSA) is 23.5 Å². The van der Waals surface area contributed by atoms with E-state index in [0.717, 1.165) is 23.0 Å². The number of piperidine rings is 1. The number of hydrogen-bond acceptors (Lipinski definition) is 3. The first-order valence-electron chi connectivity index (χ1n) is 6.07. The molecule has 1 atom stereocenters. The third-order valence-electron chi connectivity index (χ3n) is 3.04. The van der Waals surface area contributed by atoms with Crippen molar-refractivity contribution in [2.24, 2.45) is 0 Å². The lowest BCUT2D eigenvalue weighted by molar-refractivity contribution is 0.0103. The van der Waals surface area contributed by atoms with Gasteiger partial charge in [0.05, 0.1) is 5.02 Å². The Balaban J connectivity index is 1.83. The molecule has 1 aliphatic heterocycles. The summed E-state index contributed by atoms with van der Waals surface area (Å²) in [7, 11) is 0. The van der Waals surface area contributed by atoms with Gasteiger partial charge in [0, 0.05) is 23.7 Å². The van der Waals surface area contributed by atoms with E-state index in [1.165, 1.54) is 19.3 Å². The van der Waals surface area contributed by atoms with Crippen molar-refractivity contribution in [1.29, 1.82) is 0 Å². The third-order valence-corrected chi connectivity index (χ3v) is 4.61. The summed E-state index contributed by atoms with van der Waals surface area (Å²) in [5.74, 6) is 0.684. The van der Waals surface area contributed by atoms with Crippen LogP contribution in [0.25, 0.3) is 0 Å². The van der Waals surface area contributed by atoms with Crippen molar-refractivity contribution in [2.75, 3.05) is 18.8 Å². The molecule has 1 aromatic rings. The van der Waals surface area contributed by atoms with Gasteiger partial charge >= 0.3 is 0 Å².